The SMILES string of the molecule is Cc1ccccc1Cn1ccc2ccc(CC(C)N)cc21. The summed E-state index contributed by atoms with van der Waals surface area (Å²) in [5.74, 6) is 0. The lowest BCUT2D eigenvalue weighted by Gasteiger charge is -2.10. The van der Waals surface area contributed by atoms with Gasteiger partial charge in [0.15, 0.2) is 0 Å². The third kappa shape index (κ3) is 3.01. The highest BCUT2D eigenvalue weighted by Gasteiger charge is 2.06. The minimum absolute atomic E-state index is 0.197. The Bertz CT molecular complexity index is 753. The number of rotatable bonds is 4. The van der Waals surface area contributed by atoms with Crippen molar-refractivity contribution in [2.45, 2.75) is 32.9 Å². The Labute approximate surface area is 126 Å². The van der Waals surface area contributed by atoms with E-state index in [9.17, 15) is 0 Å². The van der Waals surface area contributed by atoms with Gasteiger partial charge in [-0.05, 0) is 54.5 Å². The van der Waals surface area contributed by atoms with Gasteiger partial charge in [-0.2, -0.15) is 0 Å². The average molecular weight is 278 g/mol. The summed E-state index contributed by atoms with van der Waals surface area (Å²) in [4.78, 5) is 0. The zero-order valence-corrected chi connectivity index (χ0v) is 12.7. The second-order valence-corrected chi connectivity index (χ2v) is 5.94. The number of fused-ring (bicyclic) bond motifs is 1. The Kier molecular flexibility index (Phi) is 3.80. The first-order valence-corrected chi connectivity index (χ1v) is 7.51. The molecule has 0 amide bonds. The highest BCUT2D eigenvalue weighted by Crippen LogP contribution is 2.20. The minimum Gasteiger partial charge on any atom is -0.343 e. The van der Waals surface area contributed by atoms with Gasteiger partial charge in [-0.1, -0.05) is 36.4 Å². The first-order chi connectivity index (χ1) is 10.1. The molecule has 108 valence electrons. The highest BCUT2D eigenvalue weighted by atomic mass is 14.9. The highest BCUT2D eigenvalue weighted by molar-refractivity contribution is 5.81. The fourth-order valence-corrected chi connectivity index (χ4v) is 2.84. The molecule has 0 saturated heterocycles. The van der Waals surface area contributed by atoms with Gasteiger partial charge in [-0.15, -0.1) is 0 Å². The van der Waals surface area contributed by atoms with Crippen LogP contribution >= 0.6 is 0 Å². The van der Waals surface area contributed by atoms with Gasteiger partial charge in [0, 0.05) is 24.3 Å². The Hall–Kier alpha value is -2.06. The number of nitrogens with two attached hydrogens (primary N) is 1. The summed E-state index contributed by atoms with van der Waals surface area (Å²) in [5, 5.41) is 1.29. The van der Waals surface area contributed by atoms with Crippen molar-refractivity contribution >= 4 is 10.9 Å². The lowest BCUT2D eigenvalue weighted by molar-refractivity contribution is 0.738. The monoisotopic (exact) mass is 278 g/mol. The van der Waals surface area contributed by atoms with Crippen LogP contribution in [0.4, 0.5) is 0 Å². The molecule has 2 nitrogen and oxygen atoms in total. The van der Waals surface area contributed by atoms with Crippen LogP contribution in [0.1, 0.15) is 23.6 Å². The molecule has 0 radical (unpaired) electrons. The third-order valence-corrected chi connectivity index (χ3v) is 4.00. The van der Waals surface area contributed by atoms with E-state index in [-0.39, 0.29) is 6.04 Å². The van der Waals surface area contributed by atoms with Crippen molar-refractivity contribution in [3.63, 3.8) is 0 Å². The summed E-state index contributed by atoms with van der Waals surface area (Å²) in [6.45, 7) is 5.14. The van der Waals surface area contributed by atoms with Crippen molar-refractivity contribution < 1.29 is 0 Å². The largest absolute Gasteiger partial charge is 0.343 e. The molecule has 3 aromatic rings. The molecular weight excluding hydrogens is 256 g/mol. The normalized spacial score (nSPS) is 12.7. The number of hydrogen-bond donors (Lipinski definition) is 1. The molecule has 2 aromatic carbocycles. The first kappa shape index (κ1) is 13.9. The summed E-state index contributed by atoms with van der Waals surface area (Å²) in [5.41, 5.74) is 11.2. The fraction of sp³-hybridized carbons (Fsp3) is 0.263. The van der Waals surface area contributed by atoms with Crippen LogP contribution in [0.25, 0.3) is 10.9 Å². The zero-order chi connectivity index (χ0) is 14.8. The Balaban J connectivity index is 1.97. The molecule has 0 saturated carbocycles. The smallest absolute Gasteiger partial charge is 0.0486 e. The maximum absolute atomic E-state index is 5.92. The van der Waals surface area contributed by atoms with Crippen molar-refractivity contribution in [1.82, 2.24) is 4.57 Å². The number of benzene rings is 2. The van der Waals surface area contributed by atoms with Gasteiger partial charge in [0.2, 0.25) is 0 Å². The molecule has 0 spiro atoms. The van der Waals surface area contributed by atoms with Crippen LogP contribution in [0.3, 0.4) is 0 Å². The number of aromatic nitrogens is 1. The molecule has 0 bridgehead atoms. The maximum atomic E-state index is 5.92. The second kappa shape index (κ2) is 5.74. The van der Waals surface area contributed by atoms with Crippen LogP contribution in [-0.4, -0.2) is 10.6 Å². The van der Waals surface area contributed by atoms with E-state index in [4.69, 9.17) is 5.73 Å². The van der Waals surface area contributed by atoms with Gasteiger partial charge in [-0.3, -0.25) is 0 Å². The molecule has 0 aliphatic rings. The summed E-state index contributed by atoms with van der Waals surface area (Å²) in [7, 11) is 0. The minimum atomic E-state index is 0.197. The Morgan fingerprint density at radius 1 is 1.10 bits per heavy atom. The molecule has 0 aliphatic heterocycles. The summed E-state index contributed by atoms with van der Waals surface area (Å²) in [6.07, 6.45) is 3.10. The van der Waals surface area contributed by atoms with Gasteiger partial charge < -0.3 is 10.3 Å². The molecule has 0 fully saturated rings. The molecule has 1 atom stereocenters. The lowest BCUT2D eigenvalue weighted by atomic mass is 10.1. The molecular formula is C19H22N2. The fourth-order valence-electron chi connectivity index (χ4n) is 2.84. The molecule has 2 heteroatoms. The quantitative estimate of drug-likeness (QED) is 0.771. The van der Waals surface area contributed by atoms with Crippen LogP contribution < -0.4 is 5.73 Å². The Morgan fingerprint density at radius 2 is 1.90 bits per heavy atom. The molecule has 2 N–H and O–H groups in total. The second-order valence-electron chi connectivity index (χ2n) is 5.94. The van der Waals surface area contributed by atoms with Crippen LogP contribution in [0.5, 0.6) is 0 Å². The van der Waals surface area contributed by atoms with Crippen molar-refractivity contribution in [3.8, 4) is 0 Å². The number of nitrogens with zero attached hydrogens (tertiary/aromatic N) is 1. The first-order valence-electron chi connectivity index (χ1n) is 7.51. The topological polar surface area (TPSA) is 30.9 Å². The van der Waals surface area contributed by atoms with E-state index in [1.807, 2.05) is 0 Å². The molecule has 0 aliphatic carbocycles. The third-order valence-electron chi connectivity index (χ3n) is 4.00. The average Bonchev–Trinajstić information content (AvgIpc) is 2.83. The lowest BCUT2D eigenvalue weighted by Crippen LogP contribution is -2.17. The van der Waals surface area contributed by atoms with Crippen LogP contribution in [0, 0.1) is 6.92 Å². The van der Waals surface area contributed by atoms with E-state index in [1.165, 1.54) is 27.6 Å². The molecule has 1 heterocycles. The standard InChI is InChI=1S/C19H22N2/c1-14-5-3-4-6-18(14)13-21-10-9-17-8-7-16(11-15(2)20)12-19(17)21/h3-10,12,15H,11,13,20H2,1-2H3. The van der Waals surface area contributed by atoms with Crippen LogP contribution in [0.2, 0.25) is 0 Å². The predicted octanol–water partition coefficient (Wildman–Crippen LogP) is 3.89. The summed E-state index contributed by atoms with van der Waals surface area (Å²) >= 11 is 0. The van der Waals surface area contributed by atoms with Gasteiger partial charge in [0.1, 0.15) is 0 Å². The van der Waals surface area contributed by atoms with Gasteiger partial charge in [-0.25, -0.2) is 0 Å². The molecule has 3 rings (SSSR count). The van der Waals surface area contributed by atoms with Crippen LogP contribution in [-0.2, 0) is 13.0 Å². The van der Waals surface area contributed by atoms with Gasteiger partial charge in [0.05, 0.1) is 0 Å². The van der Waals surface area contributed by atoms with E-state index in [1.54, 1.807) is 0 Å². The van der Waals surface area contributed by atoms with Crippen molar-refractivity contribution in [1.29, 1.82) is 0 Å². The van der Waals surface area contributed by atoms with E-state index in [0.717, 1.165) is 13.0 Å². The van der Waals surface area contributed by atoms with Crippen molar-refractivity contribution in [2.24, 2.45) is 5.73 Å². The van der Waals surface area contributed by atoms with Gasteiger partial charge in [0.25, 0.3) is 0 Å². The molecule has 1 unspecified atom stereocenters. The Morgan fingerprint density at radius 3 is 2.67 bits per heavy atom. The molecule has 21 heavy (non-hydrogen) atoms. The predicted molar refractivity (Wildman–Crippen MR) is 89.6 cm³/mol. The molecule has 1 aromatic heterocycles. The van der Waals surface area contributed by atoms with E-state index >= 15 is 0 Å². The maximum Gasteiger partial charge on any atom is 0.0486 e. The van der Waals surface area contributed by atoms with E-state index in [0.29, 0.717) is 0 Å². The number of hydrogen-bond acceptors (Lipinski definition) is 1. The zero-order valence-electron chi connectivity index (χ0n) is 12.7. The van der Waals surface area contributed by atoms with E-state index < -0.39 is 0 Å². The van der Waals surface area contributed by atoms with Crippen molar-refractivity contribution in [2.75, 3.05) is 0 Å². The summed E-state index contributed by atoms with van der Waals surface area (Å²) in [6, 6.07) is 17.6. The van der Waals surface area contributed by atoms with E-state index in [2.05, 4.69) is 73.1 Å². The van der Waals surface area contributed by atoms with Gasteiger partial charge >= 0.3 is 0 Å². The van der Waals surface area contributed by atoms with Crippen LogP contribution in [0.15, 0.2) is 54.7 Å². The van der Waals surface area contributed by atoms with Crippen molar-refractivity contribution in [3.05, 3.63) is 71.4 Å². The number of aryl methyl sites for hydroxylation is 1. The summed E-state index contributed by atoms with van der Waals surface area (Å²) < 4.78 is 2.32.